The molecule has 0 saturated carbocycles. The van der Waals surface area contributed by atoms with E-state index in [4.69, 9.17) is 0 Å². The average Bonchev–Trinajstić information content (AvgIpc) is 3.30. The van der Waals surface area contributed by atoms with Crippen molar-refractivity contribution in [1.82, 2.24) is 24.9 Å². The Kier molecular flexibility index (Phi) is 4.28. The van der Waals surface area contributed by atoms with Crippen LogP contribution in [0.15, 0.2) is 42.7 Å². The molecule has 134 valence electrons. The normalized spacial score (nSPS) is 16.3. The third-order valence-electron chi connectivity index (χ3n) is 4.93. The number of hydrogen-bond acceptors (Lipinski definition) is 3. The lowest BCUT2D eigenvalue weighted by molar-refractivity contribution is -0.135. The molecule has 0 aliphatic carbocycles. The summed E-state index contributed by atoms with van der Waals surface area (Å²) < 4.78 is 15.1. The number of aromatic nitrogens is 4. The van der Waals surface area contributed by atoms with Gasteiger partial charge in [0.15, 0.2) is 0 Å². The number of aromatic amines is 1. The first-order valence-electron chi connectivity index (χ1n) is 8.65. The van der Waals surface area contributed by atoms with Crippen molar-refractivity contribution in [2.75, 3.05) is 7.05 Å². The van der Waals surface area contributed by atoms with Gasteiger partial charge in [-0.3, -0.25) is 14.6 Å². The highest BCUT2D eigenvalue weighted by Crippen LogP contribution is 2.25. The van der Waals surface area contributed by atoms with E-state index in [9.17, 15) is 9.18 Å². The van der Waals surface area contributed by atoms with Crippen LogP contribution < -0.4 is 0 Å². The molecule has 0 radical (unpaired) electrons. The SMILES string of the molecule is CN(Cc1cn[nH]c1-c1ccc(F)cc1)C(=O)C1CCn2nccc2C1. The molecular formula is C19H20FN5O. The maximum absolute atomic E-state index is 13.1. The van der Waals surface area contributed by atoms with Gasteiger partial charge in [0.2, 0.25) is 5.91 Å². The minimum absolute atomic E-state index is 0.0228. The van der Waals surface area contributed by atoms with Crippen molar-refractivity contribution >= 4 is 5.91 Å². The third kappa shape index (κ3) is 3.12. The number of nitrogens with zero attached hydrogens (tertiary/aromatic N) is 4. The van der Waals surface area contributed by atoms with Gasteiger partial charge in [0.25, 0.3) is 0 Å². The topological polar surface area (TPSA) is 66.8 Å². The van der Waals surface area contributed by atoms with Crippen molar-refractivity contribution in [2.24, 2.45) is 5.92 Å². The molecule has 0 bridgehead atoms. The van der Waals surface area contributed by atoms with Gasteiger partial charge in [-0.05, 0) is 36.8 Å². The van der Waals surface area contributed by atoms with Crippen molar-refractivity contribution < 1.29 is 9.18 Å². The molecule has 3 aromatic rings. The van der Waals surface area contributed by atoms with Crippen molar-refractivity contribution in [3.05, 3.63) is 59.8 Å². The highest BCUT2D eigenvalue weighted by Gasteiger charge is 2.27. The number of hydrogen-bond donors (Lipinski definition) is 1. The number of aryl methyl sites for hydroxylation is 1. The van der Waals surface area contributed by atoms with Crippen molar-refractivity contribution in [2.45, 2.75) is 25.9 Å². The number of rotatable bonds is 4. The van der Waals surface area contributed by atoms with Crippen LogP contribution in [0.5, 0.6) is 0 Å². The fraction of sp³-hybridized carbons (Fsp3) is 0.316. The number of halogens is 1. The van der Waals surface area contributed by atoms with Crippen LogP contribution >= 0.6 is 0 Å². The van der Waals surface area contributed by atoms with E-state index < -0.39 is 0 Å². The second kappa shape index (κ2) is 6.74. The van der Waals surface area contributed by atoms with Gasteiger partial charge in [0, 0.05) is 55.5 Å². The predicted molar refractivity (Wildman–Crippen MR) is 94.5 cm³/mol. The molecule has 1 unspecified atom stereocenters. The van der Waals surface area contributed by atoms with Crippen LogP contribution in [0.4, 0.5) is 4.39 Å². The fourth-order valence-corrected chi connectivity index (χ4v) is 3.52. The van der Waals surface area contributed by atoms with Gasteiger partial charge in [-0.25, -0.2) is 4.39 Å². The number of benzene rings is 1. The zero-order valence-corrected chi connectivity index (χ0v) is 14.5. The lowest BCUT2D eigenvalue weighted by Gasteiger charge is -2.27. The maximum Gasteiger partial charge on any atom is 0.226 e. The molecular weight excluding hydrogens is 333 g/mol. The van der Waals surface area contributed by atoms with Gasteiger partial charge in [-0.15, -0.1) is 0 Å². The Balaban J connectivity index is 1.47. The first-order valence-corrected chi connectivity index (χ1v) is 8.65. The largest absolute Gasteiger partial charge is 0.341 e. The van der Waals surface area contributed by atoms with Crippen LogP contribution in [0.1, 0.15) is 17.7 Å². The summed E-state index contributed by atoms with van der Waals surface area (Å²) in [4.78, 5) is 14.6. The van der Waals surface area contributed by atoms with Gasteiger partial charge < -0.3 is 4.90 Å². The summed E-state index contributed by atoms with van der Waals surface area (Å²) >= 11 is 0. The lowest BCUT2D eigenvalue weighted by Crippen LogP contribution is -2.36. The number of carbonyl (C=O) groups is 1. The molecule has 7 heteroatoms. The molecule has 1 amide bonds. The minimum Gasteiger partial charge on any atom is -0.341 e. The molecule has 1 aliphatic heterocycles. The molecule has 1 N–H and O–H groups in total. The summed E-state index contributed by atoms with van der Waals surface area (Å²) in [6, 6.07) is 8.22. The Hall–Kier alpha value is -2.96. The van der Waals surface area contributed by atoms with Crippen molar-refractivity contribution in [3.8, 4) is 11.3 Å². The number of nitrogens with one attached hydrogen (secondary N) is 1. The molecule has 1 atom stereocenters. The van der Waals surface area contributed by atoms with Gasteiger partial charge in [0.1, 0.15) is 5.82 Å². The lowest BCUT2D eigenvalue weighted by atomic mass is 9.94. The van der Waals surface area contributed by atoms with Gasteiger partial charge >= 0.3 is 0 Å². The molecule has 3 heterocycles. The molecule has 6 nitrogen and oxygen atoms in total. The van der Waals surface area contributed by atoms with Crippen LogP contribution in [0, 0.1) is 11.7 Å². The van der Waals surface area contributed by atoms with Crippen LogP contribution in [0.25, 0.3) is 11.3 Å². The van der Waals surface area contributed by atoms with E-state index in [0.29, 0.717) is 6.54 Å². The second-order valence-corrected chi connectivity index (χ2v) is 6.71. The van der Waals surface area contributed by atoms with Crippen molar-refractivity contribution in [1.29, 1.82) is 0 Å². The Morgan fingerprint density at radius 3 is 2.96 bits per heavy atom. The zero-order chi connectivity index (χ0) is 18.1. The first-order chi connectivity index (χ1) is 12.6. The number of amides is 1. The molecule has 0 fully saturated rings. The van der Waals surface area contributed by atoms with E-state index in [1.165, 1.54) is 12.1 Å². The maximum atomic E-state index is 13.1. The average molecular weight is 353 g/mol. The molecule has 2 aromatic heterocycles. The van der Waals surface area contributed by atoms with Gasteiger partial charge in [-0.1, -0.05) is 0 Å². The Morgan fingerprint density at radius 1 is 1.35 bits per heavy atom. The van der Waals surface area contributed by atoms with E-state index in [2.05, 4.69) is 15.3 Å². The van der Waals surface area contributed by atoms with Crippen LogP contribution in [-0.2, 0) is 24.3 Å². The molecule has 26 heavy (non-hydrogen) atoms. The van der Waals surface area contributed by atoms with Crippen LogP contribution in [0.3, 0.4) is 0 Å². The van der Waals surface area contributed by atoms with Gasteiger partial charge in [-0.2, -0.15) is 10.2 Å². The highest BCUT2D eigenvalue weighted by molar-refractivity contribution is 5.79. The Labute approximate surface area is 150 Å². The number of H-pyrrole nitrogens is 1. The van der Waals surface area contributed by atoms with E-state index in [0.717, 1.165) is 41.9 Å². The highest BCUT2D eigenvalue weighted by atomic mass is 19.1. The smallest absolute Gasteiger partial charge is 0.226 e. The molecule has 1 aromatic carbocycles. The van der Waals surface area contributed by atoms with E-state index in [-0.39, 0.29) is 17.6 Å². The van der Waals surface area contributed by atoms with E-state index >= 15 is 0 Å². The zero-order valence-electron chi connectivity index (χ0n) is 14.5. The molecule has 0 saturated heterocycles. The molecule has 4 rings (SSSR count). The molecule has 1 aliphatic rings. The minimum atomic E-state index is -0.279. The summed E-state index contributed by atoms with van der Waals surface area (Å²) in [5, 5.41) is 11.3. The second-order valence-electron chi connectivity index (χ2n) is 6.71. The number of carbonyl (C=O) groups excluding carboxylic acids is 1. The number of fused-ring (bicyclic) bond motifs is 1. The van der Waals surface area contributed by atoms with Gasteiger partial charge in [0.05, 0.1) is 11.9 Å². The summed E-state index contributed by atoms with van der Waals surface area (Å²) in [6.45, 7) is 1.23. The Bertz CT molecular complexity index is 914. The standard InChI is InChI=1S/C19H20FN5O/c1-24(19(26)14-7-9-25-17(10-14)6-8-22-25)12-15-11-21-23-18(15)13-2-4-16(20)5-3-13/h2-6,8,11,14H,7,9-10,12H2,1H3,(H,21,23). The third-order valence-corrected chi connectivity index (χ3v) is 4.93. The summed E-state index contributed by atoms with van der Waals surface area (Å²) in [5.74, 6) is -0.173. The predicted octanol–water partition coefficient (Wildman–Crippen LogP) is 2.63. The van der Waals surface area contributed by atoms with E-state index in [1.807, 2.05) is 17.8 Å². The van der Waals surface area contributed by atoms with Crippen molar-refractivity contribution in [3.63, 3.8) is 0 Å². The van der Waals surface area contributed by atoms with Crippen LogP contribution in [-0.4, -0.2) is 37.8 Å². The molecule has 0 spiro atoms. The summed E-state index contributed by atoms with van der Waals surface area (Å²) in [5.41, 5.74) is 3.68. The van der Waals surface area contributed by atoms with Crippen LogP contribution in [0.2, 0.25) is 0 Å². The monoisotopic (exact) mass is 353 g/mol. The Morgan fingerprint density at radius 2 is 2.15 bits per heavy atom. The quantitative estimate of drug-likeness (QED) is 0.784. The summed E-state index contributed by atoms with van der Waals surface area (Å²) in [6.07, 6.45) is 5.03. The van der Waals surface area contributed by atoms with E-state index in [1.54, 1.807) is 29.4 Å². The first kappa shape index (κ1) is 16.5. The fourth-order valence-electron chi connectivity index (χ4n) is 3.52. The summed E-state index contributed by atoms with van der Waals surface area (Å²) in [7, 11) is 1.82.